The normalized spacial score (nSPS) is 11.6. The zero-order chi connectivity index (χ0) is 17.0. The average Bonchev–Trinajstić information content (AvgIpc) is 2.67. The van der Waals surface area contributed by atoms with E-state index in [0.717, 1.165) is 26.9 Å². The number of benzene rings is 5. The summed E-state index contributed by atoms with van der Waals surface area (Å²) in [7, 11) is -1.50. The summed E-state index contributed by atoms with van der Waals surface area (Å²) in [4.78, 5) is 0. The Kier molecular flexibility index (Phi) is 3.08. The van der Waals surface area contributed by atoms with Gasteiger partial charge in [-0.25, -0.2) is 0 Å². The van der Waals surface area contributed by atoms with Crippen LogP contribution in [0.1, 0.15) is 0 Å². The largest absolute Gasteiger partial charge is 0.489 e. The second-order valence-corrected chi connectivity index (χ2v) is 6.40. The van der Waals surface area contributed by atoms with Gasteiger partial charge in [-0.1, -0.05) is 78.9 Å². The van der Waals surface area contributed by atoms with Gasteiger partial charge in [0, 0.05) is 0 Å². The third-order valence-corrected chi connectivity index (χ3v) is 5.06. The molecule has 0 radical (unpaired) electrons. The third-order valence-electron chi connectivity index (χ3n) is 5.06. The van der Waals surface area contributed by atoms with Crippen molar-refractivity contribution in [3.05, 3.63) is 78.9 Å². The van der Waals surface area contributed by atoms with Crippen LogP contribution < -0.4 is 5.46 Å². The smallest absolute Gasteiger partial charge is 0.423 e. The molecule has 3 heteroatoms. The van der Waals surface area contributed by atoms with E-state index in [4.69, 9.17) is 0 Å². The summed E-state index contributed by atoms with van der Waals surface area (Å²) < 4.78 is 0. The predicted molar refractivity (Wildman–Crippen MR) is 106 cm³/mol. The first-order valence-electron chi connectivity index (χ1n) is 8.36. The molecule has 5 aromatic carbocycles. The molecule has 0 saturated carbocycles. The first-order chi connectivity index (χ1) is 12.3. The Morgan fingerprint density at radius 1 is 0.480 bits per heavy atom. The quantitative estimate of drug-likeness (QED) is 0.362. The molecule has 0 heterocycles. The fourth-order valence-electron chi connectivity index (χ4n) is 4.02. The number of rotatable bonds is 1. The Labute approximate surface area is 145 Å². The zero-order valence-electron chi connectivity index (χ0n) is 13.5. The molecule has 2 nitrogen and oxygen atoms in total. The molecule has 0 saturated heterocycles. The molecule has 2 N–H and O–H groups in total. The molecular formula is C22H15BO2. The van der Waals surface area contributed by atoms with Gasteiger partial charge in [0.25, 0.3) is 0 Å². The number of fused-ring (bicyclic) bond motifs is 8. The highest BCUT2D eigenvalue weighted by Gasteiger charge is 2.18. The molecule has 0 bridgehead atoms. The van der Waals surface area contributed by atoms with Crippen molar-refractivity contribution in [2.24, 2.45) is 0 Å². The average molecular weight is 322 g/mol. The summed E-state index contributed by atoms with van der Waals surface area (Å²) in [5.74, 6) is 0. The standard InChI is InChI=1S/C22H15BO2/c24-23(25)20-11-5-6-14-12-13-19-17-9-2-1-7-15(17)16-8-3-4-10-18(16)22(19)21(14)20/h1-13,24-25H. The lowest BCUT2D eigenvalue weighted by Gasteiger charge is -2.15. The fraction of sp³-hybridized carbons (Fsp3) is 0. The van der Waals surface area contributed by atoms with Crippen LogP contribution in [0.3, 0.4) is 0 Å². The van der Waals surface area contributed by atoms with Gasteiger partial charge in [0.15, 0.2) is 0 Å². The minimum atomic E-state index is -1.50. The highest BCUT2D eigenvalue weighted by atomic mass is 16.4. The van der Waals surface area contributed by atoms with Crippen molar-refractivity contribution in [1.29, 1.82) is 0 Å². The molecule has 118 valence electrons. The lowest BCUT2D eigenvalue weighted by molar-refractivity contribution is 0.426. The van der Waals surface area contributed by atoms with Crippen LogP contribution in [0.2, 0.25) is 0 Å². The predicted octanol–water partition coefficient (Wildman–Crippen LogP) is 3.98. The van der Waals surface area contributed by atoms with E-state index in [2.05, 4.69) is 42.5 Å². The first-order valence-corrected chi connectivity index (χ1v) is 8.36. The molecule has 0 amide bonds. The van der Waals surface area contributed by atoms with E-state index in [1.54, 1.807) is 6.07 Å². The van der Waals surface area contributed by atoms with E-state index in [1.807, 2.05) is 30.3 Å². The van der Waals surface area contributed by atoms with Crippen LogP contribution in [0.5, 0.6) is 0 Å². The van der Waals surface area contributed by atoms with Crippen LogP contribution >= 0.6 is 0 Å². The number of hydrogen-bond acceptors (Lipinski definition) is 2. The van der Waals surface area contributed by atoms with E-state index in [9.17, 15) is 10.0 Å². The highest BCUT2D eigenvalue weighted by Crippen LogP contribution is 2.38. The van der Waals surface area contributed by atoms with Gasteiger partial charge in [0.2, 0.25) is 0 Å². The molecule has 0 aliphatic rings. The van der Waals surface area contributed by atoms with E-state index < -0.39 is 7.12 Å². The molecule has 5 rings (SSSR count). The molecule has 0 unspecified atom stereocenters. The Morgan fingerprint density at radius 3 is 1.68 bits per heavy atom. The zero-order valence-corrected chi connectivity index (χ0v) is 13.5. The van der Waals surface area contributed by atoms with Gasteiger partial charge in [-0.2, -0.15) is 0 Å². The van der Waals surface area contributed by atoms with Crippen molar-refractivity contribution in [1.82, 2.24) is 0 Å². The molecule has 25 heavy (non-hydrogen) atoms. The minimum Gasteiger partial charge on any atom is -0.423 e. The van der Waals surface area contributed by atoms with Gasteiger partial charge in [-0.05, 0) is 48.6 Å². The molecule has 0 fully saturated rings. The monoisotopic (exact) mass is 322 g/mol. The van der Waals surface area contributed by atoms with Gasteiger partial charge in [-0.15, -0.1) is 0 Å². The van der Waals surface area contributed by atoms with Crippen molar-refractivity contribution >= 4 is 55.7 Å². The van der Waals surface area contributed by atoms with Crippen LogP contribution in [0.15, 0.2) is 78.9 Å². The Hall–Kier alpha value is -2.88. The van der Waals surface area contributed by atoms with Crippen molar-refractivity contribution in [3.8, 4) is 0 Å². The Balaban J connectivity index is 2.20. The van der Waals surface area contributed by atoms with Gasteiger partial charge in [0.05, 0.1) is 0 Å². The highest BCUT2D eigenvalue weighted by molar-refractivity contribution is 6.63. The Morgan fingerprint density at radius 2 is 1.04 bits per heavy atom. The molecule has 0 atom stereocenters. The van der Waals surface area contributed by atoms with Crippen LogP contribution in [0.4, 0.5) is 0 Å². The van der Waals surface area contributed by atoms with Crippen LogP contribution in [0.25, 0.3) is 43.1 Å². The lowest BCUT2D eigenvalue weighted by Crippen LogP contribution is -2.30. The third kappa shape index (κ3) is 2.00. The second-order valence-electron chi connectivity index (χ2n) is 6.40. The molecule has 0 spiro atoms. The summed E-state index contributed by atoms with van der Waals surface area (Å²) in [6, 6.07) is 26.6. The van der Waals surface area contributed by atoms with Crippen molar-refractivity contribution in [2.45, 2.75) is 0 Å². The maximum absolute atomic E-state index is 9.92. The molecule has 0 aliphatic heterocycles. The topological polar surface area (TPSA) is 40.5 Å². The fourth-order valence-corrected chi connectivity index (χ4v) is 4.02. The summed E-state index contributed by atoms with van der Waals surface area (Å²) in [6.45, 7) is 0. The number of hydrogen-bond donors (Lipinski definition) is 2. The Bertz CT molecular complexity index is 1240. The molecule has 5 aromatic rings. The summed E-state index contributed by atoms with van der Waals surface area (Å²) in [6.07, 6.45) is 0. The van der Waals surface area contributed by atoms with E-state index in [1.165, 1.54) is 16.2 Å². The SMILES string of the molecule is OB(O)c1cccc2ccc3c4ccccc4c4ccccc4c3c12. The molecular weight excluding hydrogens is 307 g/mol. The second kappa shape index (κ2) is 5.31. The van der Waals surface area contributed by atoms with Crippen LogP contribution in [-0.4, -0.2) is 17.2 Å². The van der Waals surface area contributed by atoms with Gasteiger partial charge >= 0.3 is 7.12 Å². The van der Waals surface area contributed by atoms with E-state index in [-0.39, 0.29) is 0 Å². The van der Waals surface area contributed by atoms with E-state index >= 15 is 0 Å². The summed E-state index contributed by atoms with van der Waals surface area (Å²) >= 11 is 0. The van der Waals surface area contributed by atoms with Gasteiger partial charge in [-0.3, -0.25) is 0 Å². The maximum Gasteiger partial charge on any atom is 0.489 e. The minimum absolute atomic E-state index is 0.545. The summed E-state index contributed by atoms with van der Waals surface area (Å²) in [5, 5.41) is 28.7. The van der Waals surface area contributed by atoms with Crippen molar-refractivity contribution < 1.29 is 10.0 Å². The van der Waals surface area contributed by atoms with E-state index in [0.29, 0.717) is 5.46 Å². The maximum atomic E-state index is 9.92. The van der Waals surface area contributed by atoms with Gasteiger partial charge in [0.1, 0.15) is 0 Å². The summed E-state index contributed by atoms with van der Waals surface area (Å²) in [5.41, 5.74) is 0.545. The molecule has 0 aliphatic carbocycles. The van der Waals surface area contributed by atoms with Crippen molar-refractivity contribution in [2.75, 3.05) is 0 Å². The van der Waals surface area contributed by atoms with Crippen molar-refractivity contribution in [3.63, 3.8) is 0 Å². The lowest BCUT2D eigenvalue weighted by atomic mass is 9.75. The van der Waals surface area contributed by atoms with Crippen LogP contribution in [0, 0.1) is 0 Å². The van der Waals surface area contributed by atoms with Crippen LogP contribution in [-0.2, 0) is 0 Å². The van der Waals surface area contributed by atoms with Gasteiger partial charge < -0.3 is 10.0 Å². The molecule has 0 aromatic heterocycles. The first kappa shape index (κ1) is 14.5.